The second-order valence-corrected chi connectivity index (χ2v) is 7.59. The van der Waals surface area contributed by atoms with E-state index >= 15 is 0 Å². The van der Waals surface area contributed by atoms with Crippen molar-refractivity contribution in [3.8, 4) is 0 Å². The van der Waals surface area contributed by atoms with Gasteiger partial charge >= 0.3 is 0 Å². The van der Waals surface area contributed by atoms with Crippen LogP contribution in [0.4, 0.5) is 0 Å². The van der Waals surface area contributed by atoms with E-state index in [1.807, 2.05) is 10.9 Å². The van der Waals surface area contributed by atoms with E-state index in [4.69, 9.17) is 0 Å². The third-order valence-corrected chi connectivity index (χ3v) is 5.13. The average molecular weight is 322 g/mol. The molecule has 23 heavy (non-hydrogen) atoms. The van der Waals surface area contributed by atoms with E-state index in [-0.39, 0.29) is 0 Å². The maximum Gasteiger partial charge on any atom is 0.114 e. The van der Waals surface area contributed by atoms with Crippen LogP contribution in [0.15, 0.2) is 6.20 Å². The molecule has 0 aliphatic carbocycles. The number of aromatic nitrogens is 3. The highest BCUT2D eigenvalue weighted by atomic mass is 16.3. The molecular weight excluding hydrogens is 288 g/mol. The molecule has 1 aliphatic heterocycles. The topological polar surface area (TPSA) is 54.2 Å². The summed E-state index contributed by atoms with van der Waals surface area (Å²) in [5, 5.41) is 18.4. The van der Waals surface area contributed by atoms with Crippen molar-refractivity contribution in [1.29, 1.82) is 0 Å². The molecule has 1 saturated heterocycles. The number of likely N-dealkylation sites (tertiary alicyclic amines) is 1. The lowest BCUT2D eigenvalue weighted by molar-refractivity contribution is 0.0736. The molecule has 1 fully saturated rings. The summed E-state index contributed by atoms with van der Waals surface area (Å²) in [6.07, 6.45) is 9.47. The zero-order chi connectivity index (χ0) is 16.9. The fourth-order valence-electron chi connectivity index (χ4n) is 3.38. The molecule has 0 bridgehead atoms. The molecule has 1 aliphatic rings. The fraction of sp³-hybridized carbons (Fsp3) is 0.889. The van der Waals surface area contributed by atoms with E-state index < -0.39 is 5.60 Å². The van der Waals surface area contributed by atoms with Gasteiger partial charge in [0.2, 0.25) is 0 Å². The SMILES string of the molecule is CCCC[C@H](CC)CN1CCC(n2cc(C(C)(C)O)nn2)CC1. The quantitative estimate of drug-likeness (QED) is 0.797. The molecule has 1 aromatic rings. The highest BCUT2D eigenvalue weighted by Gasteiger charge is 2.25. The van der Waals surface area contributed by atoms with Crippen LogP contribution in [-0.4, -0.2) is 44.6 Å². The molecule has 0 unspecified atom stereocenters. The van der Waals surface area contributed by atoms with Gasteiger partial charge in [-0.05, 0) is 39.0 Å². The van der Waals surface area contributed by atoms with Crippen LogP contribution in [0.25, 0.3) is 0 Å². The Hall–Kier alpha value is -0.940. The van der Waals surface area contributed by atoms with Crippen molar-refractivity contribution >= 4 is 0 Å². The average Bonchev–Trinajstić information content (AvgIpc) is 3.02. The smallest absolute Gasteiger partial charge is 0.114 e. The van der Waals surface area contributed by atoms with Gasteiger partial charge in [-0.25, -0.2) is 4.68 Å². The lowest BCUT2D eigenvalue weighted by Gasteiger charge is -2.34. The van der Waals surface area contributed by atoms with Gasteiger partial charge in [0.15, 0.2) is 0 Å². The van der Waals surface area contributed by atoms with Crippen LogP contribution in [0.3, 0.4) is 0 Å². The summed E-state index contributed by atoms with van der Waals surface area (Å²) < 4.78 is 1.96. The Morgan fingerprint density at radius 2 is 2.00 bits per heavy atom. The highest BCUT2D eigenvalue weighted by Crippen LogP contribution is 2.25. The van der Waals surface area contributed by atoms with E-state index in [0.29, 0.717) is 11.7 Å². The van der Waals surface area contributed by atoms with Crippen molar-refractivity contribution in [1.82, 2.24) is 19.9 Å². The summed E-state index contributed by atoms with van der Waals surface area (Å²) in [6.45, 7) is 11.6. The predicted molar refractivity (Wildman–Crippen MR) is 93.3 cm³/mol. The first-order valence-electron chi connectivity index (χ1n) is 9.31. The van der Waals surface area contributed by atoms with Gasteiger partial charge in [0.05, 0.1) is 12.2 Å². The monoisotopic (exact) mass is 322 g/mol. The number of nitrogens with zero attached hydrogens (tertiary/aromatic N) is 4. The van der Waals surface area contributed by atoms with Gasteiger partial charge in [-0.2, -0.15) is 0 Å². The minimum absolute atomic E-state index is 0.422. The molecule has 0 spiro atoms. The molecule has 0 radical (unpaired) electrons. The number of rotatable bonds is 8. The summed E-state index contributed by atoms with van der Waals surface area (Å²) in [7, 11) is 0. The van der Waals surface area contributed by atoms with Gasteiger partial charge < -0.3 is 10.0 Å². The largest absolute Gasteiger partial charge is 0.384 e. The van der Waals surface area contributed by atoms with Gasteiger partial charge in [0.1, 0.15) is 11.3 Å². The van der Waals surface area contributed by atoms with Crippen LogP contribution in [0.2, 0.25) is 0 Å². The second-order valence-electron chi connectivity index (χ2n) is 7.59. The maximum absolute atomic E-state index is 10.0. The Morgan fingerprint density at radius 3 is 2.52 bits per heavy atom. The number of hydrogen-bond acceptors (Lipinski definition) is 4. The molecule has 5 nitrogen and oxygen atoms in total. The number of aliphatic hydroxyl groups is 1. The van der Waals surface area contributed by atoms with Crippen molar-refractivity contribution < 1.29 is 5.11 Å². The third-order valence-electron chi connectivity index (χ3n) is 5.13. The minimum atomic E-state index is -0.910. The Kier molecular flexibility index (Phi) is 6.60. The van der Waals surface area contributed by atoms with Crippen LogP contribution in [0.5, 0.6) is 0 Å². The van der Waals surface area contributed by atoms with Crippen LogP contribution >= 0.6 is 0 Å². The Labute approximate surface area is 141 Å². The number of unbranched alkanes of at least 4 members (excludes halogenated alkanes) is 1. The summed E-state index contributed by atoms with van der Waals surface area (Å²) in [5.41, 5.74) is -0.252. The van der Waals surface area contributed by atoms with Crippen molar-refractivity contribution in [3.63, 3.8) is 0 Å². The van der Waals surface area contributed by atoms with Gasteiger partial charge in [-0.15, -0.1) is 5.10 Å². The summed E-state index contributed by atoms with van der Waals surface area (Å²) >= 11 is 0. The molecule has 5 heteroatoms. The van der Waals surface area contributed by atoms with E-state index in [9.17, 15) is 5.11 Å². The van der Waals surface area contributed by atoms with E-state index in [2.05, 4.69) is 29.1 Å². The fourth-order valence-corrected chi connectivity index (χ4v) is 3.38. The summed E-state index contributed by atoms with van der Waals surface area (Å²) in [5.74, 6) is 0.847. The zero-order valence-electron chi connectivity index (χ0n) is 15.3. The lowest BCUT2D eigenvalue weighted by Crippen LogP contribution is -2.37. The van der Waals surface area contributed by atoms with Crippen LogP contribution in [0, 0.1) is 5.92 Å². The Morgan fingerprint density at radius 1 is 1.30 bits per heavy atom. The standard InChI is InChI=1S/C18H34N4O/c1-5-7-8-15(6-2)13-21-11-9-16(10-12-21)22-14-17(19-20-22)18(3,4)23/h14-16,23H,5-13H2,1-4H3/t15-/m0/s1. The van der Waals surface area contributed by atoms with Crippen molar-refractivity contribution in [2.45, 2.75) is 77.9 Å². The molecular formula is C18H34N4O. The van der Waals surface area contributed by atoms with Crippen molar-refractivity contribution in [2.24, 2.45) is 5.92 Å². The predicted octanol–water partition coefficient (Wildman–Crippen LogP) is 3.36. The molecule has 2 heterocycles. The minimum Gasteiger partial charge on any atom is -0.384 e. The van der Waals surface area contributed by atoms with Crippen molar-refractivity contribution in [2.75, 3.05) is 19.6 Å². The van der Waals surface area contributed by atoms with Gasteiger partial charge in [0, 0.05) is 19.6 Å². The first kappa shape index (κ1) is 18.4. The van der Waals surface area contributed by atoms with Crippen LogP contribution in [-0.2, 0) is 5.60 Å². The van der Waals surface area contributed by atoms with Crippen molar-refractivity contribution in [3.05, 3.63) is 11.9 Å². The van der Waals surface area contributed by atoms with E-state index in [0.717, 1.165) is 31.8 Å². The molecule has 2 rings (SSSR count). The Bertz CT molecular complexity index is 458. The Balaban J connectivity index is 1.82. The third kappa shape index (κ3) is 5.28. The molecule has 0 amide bonds. The first-order valence-corrected chi connectivity index (χ1v) is 9.31. The molecule has 1 aromatic heterocycles. The maximum atomic E-state index is 10.0. The highest BCUT2D eigenvalue weighted by molar-refractivity contribution is 5.03. The summed E-state index contributed by atoms with van der Waals surface area (Å²) in [6, 6.07) is 0.422. The first-order chi connectivity index (χ1) is 10.9. The van der Waals surface area contributed by atoms with Gasteiger partial charge in [0.25, 0.3) is 0 Å². The molecule has 1 atom stereocenters. The normalized spacial score (nSPS) is 19.2. The molecule has 132 valence electrons. The zero-order valence-corrected chi connectivity index (χ0v) is 15.3. The van der Waals surface area contributed by atoms with E-state index in [1.165, 1.54) is 32.2 Å². The van der Waals surface area contributed by atoms with Crippen LogP contribution < -0.4 is 0 Å². The number of piperidine rings is 1. The molecule has 0 saturated carbocycles. The van der Waals surface area contributed by atoms with Gasteiger partial charge in [-0.3, -0.25) is 0 Å². The van der Waals surface area contributed by atoms with E-state index in [1.54, 1.807) is 13.8 Å². The molecule has 1 N–H and O–H groups in total. The summed E-state index contributed by atoms with van der Waals surface area (Å²) in [4.78, 5) is 2.62. The van der Waals surface area contributed by atoms with Crippen LogP contribution in [0.1, 0.15) is 78.0 Å². The number of hydrogen-bond donors (Lipinski definition) is 1. The molecule has 0 aromatic carbocycles. The second kappa shape index (κ2) is 8.25. The lowest BCUT2D eigenvalue weighted by atomic mass is 9.97. The van der Waals surface area contributed by atoms with Gasteiger partial charge in [-0.1, -0.05) is 38.3 Å².